The second kappa shape index (κ2) is 9.48. The maximum absolute atomic E-state index is 13.4. The molecule has 0 aliphatic carbocycles. The molecule has 0 radical (unpaired) electrons. The molecule has 4 rings (SSSR count). The summed E-state index contributed by atoms with van der Waals surface area (Å²) in [5.74, 6) is -0.272. The van der Waals surface area contributed by atoms with Gasteiger partial charge in [-0.15, -0.1) is 0 Å². The molecule has 6 heteroatoms. The SMILES string of the molecule is CCCCc1cc(C=C2SC(NC)=C(c3cccc(C(F)(F)F)c3)C2=O)c2ccccc2c1. The minimum Gasteiger partial charge on any atom is -0.382 e. The van der Waals surface area contributed by atoms with E-state index in [0.717, 1.165) is 47.7 Å². The molecule has 0 saturated heterocycles. The van der Waals surface area contributed by atoms with Gasteiger partial charge in [-0.25, -0.2) is 0 Å². The van der Waals surface area contributed by atoms with Crippen LogP contribution in [0.5, 0.6) is 0 Å². The molecule has 0 atom stereocenters. The Hall–Kier alpha value is -2.99. The van der Waals surface area contributed by atoms with Crippen LogP contribution in [0.15, 0.2) is 70.6 Å². The van der Waals surface area contributed by atoms with E-state index in [0.29, 0.717) is 9.93 Å². The van der Waals surface area contributed by atoms with Crippen LogP contribution in [0.4, 0.5) is 13.2 Å². The van der Waals surface area contributed by atoms with Crippen molar-refractivity contribution in [1.82, 2.24) is 5.32 Å². The number of carbonyl (C=O) groups excluding carboxylic acids is 1. The van der Waals surface area contributed by atoms with E-state index in [1.165, 1.54) is 23.4 Å². The fourth-order valence-corrected chi connectivity index (χ4v) is 5.02. The van der Waals surface area contributed by atoms with E-state index in [2.05, 4.69) is 30.4 Å². The second-order valence-corrected chi connectivity index (χ2v) is 9.03. The van der Waals surface area contributed by atoms with Gasteiger partial charge >= 0.3 is 6.18 Å². The summed E-state index contributed by atoms with van der Waals surface area (Å²) in [6.07, 6.45) is 0.513. The van der Waals surface area contributed by atoms with Crippen molar-refractivity contribution in [1.29, 1.82) is 0 Å². The number of hydrogen-bond donors (Lipinski definition) is 1. The van der Waals surface area contributed by atoms with E-state index >= 15 is 0 Å². The van der Waals surface area contributed by atoms with Gasteiger partial charge in [0, 0.05) is 7.05 Å². The quantitative estimate of drug-likeness (QED) is 0.382. The first-order valence-corrected chi connectivity index (χ1v) is 11.7. The van der Waals surface area contributed by atoms with Crippen molar-refractivity contribution in [2.75, 3.05) is 7.05 Å². The van der Waals surface area contributed by atoms with Crippen LogP contribution < -0.4 is 5.32 Å². The Labute approximate surface area is 195 Å². The fourth-order valence-electron chi connectivity index (χ4n) is 4.01. The van der Waals surface area contributed by atoms with Crippen LogP contribution in [-0.2, 0) is 17.4 Å². The van der Waals surface area contributed by atoms with Gasteiger partial charge in [0.05, 0.1) is 21.1 Å². The van der Waals surface area contributed by atoms with Crippen molar-refractivity contribution in [3.8, 4) is 0 Å². The smallest absolute Gasteiger partial charge is 0.382 e. The summed E-state index contributed by atoms with van der Waals surface area (Å²) in [7, 11) is 1.67. The molecular formula is C27H24F3NOS. The van der Waals surface area contributed by atoms with Gasteiger partial charge in [-0.05, 0) is 58.5 Å². The number of nitrogens with one attached hydrogen (secondary N) is 1. The third-order valence-electron chi connectivity index (χ3n) is 5.65. The maximum Gasteiger partial charge on any atom is 0.416 e. The van der Waals surface area contributed by atoms with Crippen molar-refractivity contribution in [2.24, 2.45) is 0 Å². The van der Waals surface area contributed by atoms with Crippen molar-refractivity contribution >= 4 is 40.0 Å². The number of allylic oxidation sites excluding steroid dienone is 2. The molecule has 0 spiro atoms. The summed E-state index contributed by atoms with van der Waals surface area (Å²) in [6.45, 7) is 2.15. The number of rotatable bonds is 6. The van der Waals surface area contributed by atoms with Crippen molar-refractivity contribution in [3.05, 3.63) is 92.9 Å². The summed E-state index contributed by atoms with van der Waals surface area (Å²) in [6, 6.07) is 17.3. The summed E-state index contributed by atoms with van der Waals surface area (Å²) in [4.78, 5) is 13.9. The highest BCUT2D eigenvalue weighted by molar-refractivity contribution is 8.08. The van der Waals surface area contributed by atoms with E-state index in [1.807, 2.05) is 24.3 Å². The first-order valence-electron chi connectivity index (χ1n) is 10.9. The van der Waals surface area contributed by atoms with Gasteiger partial charge in [0.2, 0.25) is 5.78 Å². The zero-order chi connectivity index (χ0) is 23.6. The summed E-state index contributed by atoms with van der Waals surface area (Å²) in [5, 5.41) is 5.69. The van der Waals surface area contributed by atoms with Crippen LogP contribution in [-0.4, -0.2) is 12.8 Å². The van der Waals surface area contributed by atoms with E-state index in [9.17, 15) is 18.0 Å². The Balaban J connectivity index is 1.76. The molecular weight excluding hydrogens is 443 g/mol. The molecule has 1 aliphatic rings. The number of fused-ring (bicyclic) bond motifs is 1. The summed E-state index contributed by atoms with van der Waals surface area (Å²) < 4.78 is 39.7. The third kappa shape index (κ3) is 4.86. The largest absolute Gasteiger partial charge is 0.416 e. The predicted molar refractivity (Wildman–Crippen MR) is 131 cm³/mol. The normalized spacial score (nSPS) is 15.7. The second-order valence-electron chi connectivity index (χ2n) is 7.98. The van der Waals surface area contributed by atoms with E-state index in [1.54, 1.807) is 13.1 Å². The number of thioether (sulfide) groups is 1. The average molecular weight is 468 g/mol. The highest BCUT2D eigenvalue weighted by Gasteiger charge is 2.34. The number of hydrogen-bond acceptors (Lipinski definition) is 3. The van der Waals surface area contributed by atoms with Gasteiger partial charge < -0.3 is 5.32 Å². The van der Waals surface area contributed by atoms with Gasteiger partial charge in [-0.1, -0.05) is 73.6 Å². The molecule has 0 amide bonds. The lowest BCUT2D eigenvalue weighted by atomic mass is 9.96. The number of Topliss-reactive ketones (excluding diaryl/α,β-unsaturated/α-hetero) is 1. The molecule has 3 aromatic carbocycles. The molecule has 0 saturated carbocycles. The minimum absolute atomic E-state index is 0.261. The molecule has 0 unspecified atom stereocenters. The summed E-state index contributed by atoms with van der Waals surface area (Å²) in [5.41, 5.74) is 1.91. The molecule has 170 valence electrons. The molecule has 0 fully saturated rings. The highest BCUT2D eigenvalue weighted by atomic mass is 32.2. The lowest BCUT2D eigenvalue weighted by molar-refractivity contribution is -0.137. The maximum atomic E-state index is 13.4. The number of ketones is 1. The number of benzene rings is 3. The number of aryl methyl sites for hydroxylation is 1. The zero-order valence-electron chi connectivity index (χ0n) is 18.4. The van der Waals surface area contributed by atoms with E-state index in [-0.39, 0.29) is 16.9 Å². The lowest BCUT2D eigenvalue weighted by Crippen LogP contribution is -2.08. The first-order chi connectivity index (χ1) is 15.8. The number of alkyl halides is 3. The predicted octanol–water partition coefficient (Wildman–Crippen LogP) is 7.45. The highest BCUT2D eigenvalue weighted by Crippen LogP contribution is 2.43. The first kappa shape index (κ1) is 23.2. The minimum atomic E-state index is -4.47. The molecule has 2 nitrogen and oxygen atoms in total. The van der Waals surface area contributed by atoms with Gasteiger partial charge in [-0.2, -0.15) is 13.2 Å². The third-order valence-corrected chi connectivity index (χ3v) is 6.79. The fraction of sp³-hybridized carbons (Fsp3) is 0.222. The van der Waals surface area contributed by atoms with Crippen LogP contribution in [0.1, 0.15) is 42.0 Å². The molecule has 3 aromatic rings. The Morgan fingerprint density at radius 3 is 2.55 bits per heavy atom. The molecule has 1 N–H and O–H groups in total. The molecule has 33 heavy (non-hydrogen) atoms. The number of halogens is 3. The Kier molecular flexibility index (Phi) is 6.66. The van der Waals surface area contributed by atoms with E-state index in [4.69, 9.17) is 0 Å². The van der Waals surface area contributed by atoms with Crippen LogP contribution in [0.2, 0.25) is 0 Å². The van der Waals surface area contributed by atoms with Gasteiger partial charge in [0.15, 0.2) is 0 Å². The standard InChI is InChI=1S/C27H24F3NOS/c1-3-4-8-17-13-18-9-5-6-12-22(18)20(14-17)16-23-25(32)24(26(31-2)33-23)19-10-7-11-21(15-19)27(28,29)30/h5-7,9-16,31H,3-4,8H2,1-2H3. The summed E-state index contributed by atoms with van der Waals surface area (Å²) >= 11 is 1.26. The van der Waals surface area contributed by atoms with Gasteiger partial charge in [0.25, 0.3) is 0 Å². The monoisotopic (exact) mass is 467 g/mol. The average Bonchev–Trinajstić information content (AvgIpc) is 3.12. The number of carbonyl (C=O) groups is 1. The van der Waals surface area contributed by atoms with Crippen LogP contribution in [0, 0.1) is 0 Å². The van der Waals surface area contributed by atoms with Crippen LogP contribution >= 0.6 is 11.8 Å². The Bertz CT molecular complexity index is 1270. The van der Waals surface area contributed by atoms with Crippen LogP contribution in [0.25, 0.3) is 22.4 Å². The lowest BCUT2D eigenvalue weighted by Gasteiger charge is -2.10. The van der Waals surface area contributed by atoms with E-state index < -0.39 is 11.7 Å². The van der Waals surface area contributed by atoms with Crippen molar-refractivity contribution in [3.63, 3.8) is 0 Å². The van der Waals surface area contributed by atoms with Gasteiger partial charge in [0.1, 0.15) is 0 Å². The molecule has 0 bridgehead atoms. The van der Waals surface area contributed by atoms with Gasteiger partial charge in [-0.3, -0.25) is 4.79 Å². The van der Waals surface area contributed by atoms with Crippen molar-refractivity contribution < 1.29 is 18.0 Å². The Morgan fingerprint density at radius 2 is 1.82 bits per heavy atom. The molecule has 1 heterocycles. The molecule has 0 aromatic heterocycles. The topological polar surface area (TPSA) is 29.1 Å². The Morgan fingerprint density at radius 1 is 1.03 bits per heavy atom. The van der Waals surface area contributed by atoms with Crippen molar-refractivity contribution in [2.45, 2.75) is 32.4 Å². The van der Waals surface area contributed by atoms with Crippen LogP contribution in [0.3, 0.4) is 0 Å². The zero-order valence-corrected chi connectivity index (χ0v) is 19.2. The number of unbranched alkanes of at least 4 members (excludes halogenated alkanes) is 1. The molecule has 1 aliphatic heterocycles.